The zero-order valence-corrected chi connectivity index (χ0v) is 12.7. The van der Waals surface area contributed by atoms with E-state index in [1.807, 2.05) is 25.2 Å². The summed E-state index contributed by atoms with van der Waals surface area (Å²) in [5.41, 5.74) is 1.92. The molecule has 1 aromatic rings. The van der Waals surface area contributed by atoms with Crippen LogP contribution in [0.3, 0.4) is 0 Å². The maximum Gasteiger partial charge on any atom is 0.328 e. The van der Waals surface area contributed by atoms with Gasteiger partial charge in [0.15, 0.2) is 0 Å². The lowest BCUT2D eigenvalue weighted by Crippen LogP contribution is -2.19. The van der Waals surface area contributed by atoms with Crippen molar-refractivity contribution in [3.63, 3.8) is 0 Å². The van der Waals surface area contributed by atoms with Crippen LogP contribution < -0.4 is 4.90 Å². The number of carboxylic acid groups (broad SMARTS) is 1. The van der Waals surface area contributed by atoms with Crippen molar-refractivity contribution in [3.05, 3.63) is 34.3 Å². The third kappa shape index (κ3) is 5.44. The van der Waals surface area contributed by atoms with Gasteiger partial charge < -0.3 is 14.7 Å². The molecule has 5 heteroatoms. The number of halogens is 1. The molecule has 0 aliphatic carbocycles. The highest BCUT2D eigenvalue weighted by Crippen LogP contribution is 2.24. The van der Waals surface area contributed by atoms with Crippen LogP contribution in [-0.4, -0.2) is 38.4 Å². The summed E-state index contributed by atoms with van der Waals surface area (Å²) in [6.07, 6.45) is 3.66. The molecular weight excluding hydrogens is 310 g/mol. The second-order valence-electron chi connectivity index (χ2n) is 4.15. The highest BCUT2D eigenvalue weighted by atomic mass is 79.9. The topological polar surface area (TPSA) is 49.8 Å². The number of anilines is 1. The summed E-state index contributed by atoms with van der Waals surface area (Å²) in [6, 6.07) is 5.85. The third-order valence-corrected chi connectivity index (χ3v) is 3.36. The number of benzene rings is 1. The van der Waals surface area contributed by atoms with E-state index in [1.165, 1.54) is 0 Å². The van der Waals surface area contributed by atoms with Crippen LogP contribution in [0.5, 0.6) is 0 Å². The summed E-state index contributed by atoms with van der Waals surface area (Å²) in [7, 11) is 3.71. The van der Waals surface area contributed by atoms with E-state index in [2.05, 4.69) is 20.8 Å². The van der Waals surface area contributed by atoms with Gasteiger partial charge in [0.2, 0.25) is 0 Å². The Morgan fingerprint density at radius 2 is 2.26 bits per heavy atom. The van der Waals surface area contributed by atoms with Crippen molar-refractivity contribution in [2.24, 2.45) is 0 Å². The largest absolute Gasteiger partial charge is 0.478 e. The molecule has 0 bridgehead atoms. The highest BCUT2D eigenvalue weighted by Gasteiger charge is 2.04. The molecule has 0 radical (unpaired) electrons. The molecule has 19 heavy (non-hydrogen) atoms. The van der Waals surface area contributed by atoms with E-state index in [9.17, 15) is 4.79 Å². The van der Waals surface area contributed by atoms with Gasteiger partial charge in [-0.05, 0) is 30.2 Å². The summed E-state index contributed by atoms with van der Waals surface area (Å²) < 4.78 is 5.90. The first-order valence-corrected chi connectivity index (χ1v) is 6.74. The summed E-state index contributed by atoms with van der Waals surface area (Å²) in [5.74, 6) is -0.951. The molecule has 0 fully saturated rings. The molecule has 0 saturated heterocycles. The number of methoxy groups -OCH3 is 1. The fourth-order valence-electron chi connectivity index (χ4n) is 1.62. The standard InChI is InChI=1S/C14H18BrNO3/c1-16(8-3-9-19-2)12-6-4-11(13(15)10-12)5-7-14(17)18/h4-7,10H,3,8-9H2,1-2H3,(H,17,18)/b7-5+. The molecule has 1 aromatic carbocycles. The number of nitrogens with zero attached hydrogens (tertiary/aromatic N) is 1. The number of ether oxygens (including phenoxy) is 1. The molecular formula is C14H18BrNO3. The molecule has 1 rings (SSSR count). The Labute approximate surface area is 121 Å². The first-order chi connectivity index (χ1) is 9.04. The number of carbonyl (C=O) groups is 1. The van der Waals surface area contributed by atoms with E-state index in [1.54, 1.807) is 13.2 Å². The lowest BCUT2D eigenvalue weighted by Gasteiger charge is -2.19. The second-order valence-corrected chi connectivity index (χ2v) is 5.00. The van der Waals surface area contributed by atoms with Gasteiger partial charge in [-0.2, -0.15) is 0 Å². The van der Waals surface area contributed by atoms with Crippen molar-refractivity contribution in [2.75, 3.05) is 32.2 Å². The number of rotatable bonds is 7. The Hall–Kier alpha value is -1.33. The first-order valence-electron chi connectivity index (χ1n) is 5.95. The minimum atomic E-state index is -0.951. The van der Waals surface area contributed by atoms with Crippen LogP contribution in [0.2, 0.25) is 0 Å². The molecule has 104 valence electrons. The zero-order chi connectivity index (χ0) is 14.3. The van der Waals surface area contributed by atoms with Gasteiger partial charge in [0.1, 0.15) is 0 Å². The zero-order valence-electron chi connectivity index (χ0n) is 11.1. The van der Waals surface area contributed by atoms with Crippen LogP contribution >= 0.6 is 15.9 Å². The number of carboxylic acids is 1. The van der Waals surface area contributed by atoms with E-state index in [-0.39, 0.29) is 0 Å². The quantitative estimate of drug-likeness (QED) is 0.617. The second kappa shape index (κ2) is 7.96. The fourth-order valence-corrected chi connectivity index (χ4v) is 2.12. The van der Waals surface area contributed by atoms with Crippen LogP contribution in [0.15, 0.2) is 28.7 Å². The van der Waals surface area contributed by atoms with Crippen LogP contribution in [0.25, 0.3) is 6.08 Å². The molecule has 0 saturated carbocycles. The number of hydrogen-bond acceptors (Lipinski definition) is 3. The van der Waals surface area contributed by atoms with Crippen LogP contribution in [0.4, 0.5) is 5.69 Å². The molecule has 0 amide bonds. The van der Waals surface area contributed by atoms with Crippen molar-refractivity contribution >= 4 is 33.7 Å². The molecule has 0 heterocycles. The van der Waals surface area contributed by atoms with E-state index < -0.39 is 5.97 Å². The monoisotopic (exact) mass is 327 g/mol. The average Bonchev–Trinajstić information content (AvgIpc) is 2.37. The van der Waals surface area contributed by atoms with E-state index in [0.717, 1.165) is 41.4 Å². The molecule has 0 unspecified atom stereocenters. The maximum atomic E-state index is 10.5. The van der Waals surface area contributed by atoms with Crippen molar-refractivity contribution in [1.29, 1.82) is 0 Å². The van der Waals surface area contributed by atoms with Gasteiger partial charge in [-0.25, -0.2) is 4.79 Å². The van der Waals surface area contributed by atoms with E-state index in [4.69, 9.17) is 9.84 Å². The summed E-state index contributed by atoms with van der Waals surface area (Å²) in [4.78, 5) is 12.6. The Bertz CT molecular complexity index is 460. The van der Waals surface area contributed by atoms with E-state index >= 15 is 0 Å². The highest BCUT2D eigenvalue weighted by molar-refractivity contribution is 9.10. The molecule has 0 aliphatic heterocycles. The lowest BCUT2D eigenvalue weighted by molar-refractivity contribution is -0.131. The molecule has 0 aliphatic rings. The summed E-state index contributed by atoms with van der Waals surface area (Å²) in [5, 5.41) is 8.61. The first kappa shape index (κ1) is 15.7. The Morgan fingerprint density at radius 3 is 2.84 bits per heavy atom. The van der Waals surface area contributed by atoms with Gasteiger partial charge >= 0.3 is 5.97 Å². The predicted octanol–water partition coefficient (Wildman–Crippen LogP) is 3.02. The van der Waals surface area contributed by atoms with Crippen molar-refractivity contribution < 1.29 is 14.6 Å². The Balaban J connectivity index is 2.73. The minimum absolute atomic E-state index is 0.741. The molecule has 0 spiro atoms. The van der Waals surface area contributed by atoms with Gasteiger partial charge in [0, 0.05) is 43.5 Å². The SMILES string of the molecule is COCCCN(C)c1ccc(/C=C/C(=O)O)c(Br)c1. The Kier molecular flexibility index (Phi) is 6.59. The van der Waals surface area contributed by atoms with Crippen molar-refractivity contribution in [3.8, 4) is 0 Å². The van der Waals surface area contributed by atoms with Crippen LogP contribution in [0.1, 0.15) is 12.0 Å². The lowest BCUT2D eigenvalue weighted by atomic mass is 10.2. The predicted molar refractivity (Wildman–Crippen MR) is 80.6 cm³/mol. The summed E-state index contributed by atoms with van der Waals surface area (Å²) in [6.45, 7) is 1.65. The van der Waals surface area contributed by atoms with Gasteiger partial charge in [-0.1, -0.05) is 22.0 Å². The fraction of sp³-hybridized carbons (Fsp3) is 0.357. The minimum Gasteiger partial charge on any atom is -0.478 e. The normalized spacial score (nSPS) is 10.9. The van der Waals surface area contributed by atoms with Crippen LogP contribution in [-0.2, 0) is 9.53 Å². The van der Waals surface area contributed by atoms with Gasteiger partial charge in [0.05, 0.1) is 0 Å². The number of aliphatic carboxylic acids is 1. The molecule has 1 N–H and O–H groups in total. The van der Waals surface area contributed by atoms with Crippen molar-refractivity contribution in [1.82, 2.24) is 0 Å². The third-order valence-electron chi connectivity index (χ3n) is 2.67. The smallest absolute Gasteiger partial charge is 0.328 e. The van der Waals surface area contributed by atoms with Gasteiger partial charge in [-0.3, -0.25) is 0 Å². The average molecular weight is 328 g/mol. The summed E-state index contributed by atoms with van der Waals surface area (Å²) >= 11 is 3.45. The maximum absolute atomic E-state index is 10.5. The van der Waals surface area contributed by atoms with Gasteiger partial charge in [0.25, 0.3) is 0 Å². The van der Waals surface area contributed by atoms with E-state index in [0.29, 0.717) is 0 Å². The number of hydrogen-bond donors (Lipinski definition) is 1. The molecule has 0 atom stereocenters. The Morgan fingerprint density at radius 1 is 1.53 bits per heavy atom. The molecule has 0 aromatic heterocycles. The van der Waals surface area contributed by atoms with Crippen molar-refractivity contribution in [2.45, 2.75) is 6.42 Å². The molecule has 4 nitrogen and oxygen atoms in total. The van der Waals surface area contributed by atoms with Gasteiger partial charge in [-0.15, -0.1) is 0 Å². The van der Waals surface area contributed by atoms with Crippen LogP contribution in [0, 0.1) is 0 Å².